The summed E-state index contributed by atoms with van der Waals surface area (Å²) in [6.07, 6.45) is -0.0782. The van der Waals surface area contributed by atoms with Crippen molar-refractivity contribution in [3.63, 3.8) is 0 Å². The van der Waals surface area contributed by atoms with Crippen molar-refractivity contribution in [3.05, 3.63) is 34.1 Å². The van der Waals surface area contributed by atoms with Gasteiger partial charge in [0, 0.05) is 32.1 Å². The normalized spacial score (nSPS) is 11.1. The maximum absolute atomic E-state index is 13.3. The summed E-state index contributed by atoms with van der Waals surface area (Å²) in [6, 6.07) is 2.24. The minimum absolute atomic E-state index is 0.0782. The van der Waals surface area contributed by atoms with E-state index < -0.39 is 31.3 Å². The van der Waals surface area contributed by atoms with E-state index in [-0.39, 0.29) is 18.9 Å². The van der Waals surface area contributed by atoms with Gasteiger partial charge in [-0.1, -0.05) is 0 Å². The molecule has 0 aliphatic carbocycles. The molecule has 0 saturated heterocycles. The fraction of sp³-hybridized carbons (Fsp3) is 0.300. The van der Waals surface area contributed by atoms with Gasteiger partial charge in [0.05, 0.1) is 9.82 Å². The molecule has 0 fully saturated rings. The van der Waals surface area contributed by atoms with Crippen molar-refractivity contribution in [2.45, 2.75) is 11.3 Å². The number of nitro benzene ring substituents is 1. The molecule has 0 unspecified atom stereocenters. The van der Waals surface area contributed by atoms with Gasteiger partial charge in [-0.05, 0) is 6.07 Å². The zero-order chi connectivity index (χ0) is 15.3. The Morgan fingerprint density at radius 3 is 2.60 bits per heavy atom. The smallest absolute Gasteiger partial charge is 0.304 e. The topological polar surface area (TPSA) is 118 Å². The molecule has 0 saturated carbocycles. The van der Waals surface area contributed by atoms with Gasteiger partial charge in [-0.15, -0.1) is 0 Å². The molecule has 1 aromatic rings. The molecule has 20 heavy (non-hydrogen) atoms. The van der Waals surface area contributed by atoms with Gasteiger partial charge < -0.3 is 5.32 Å². The molecule has 0 aromatic heterocycles. The van der Waals surface area contributed by atoms with Crippen LogP contribution in [0.25, 0.3) is 0 Å². The Hall–Kier alpha value is -2.07. The lowest BCUT2D eigenvalue weighted by molar-refractivity contribution is -0.387. The molecule has 110 valence electrons. The molecule has 1 rings (SSSR count). The number of nitro groups is 1. The van der Waals surface area contributed by atoms with E-state index in [1.165, 1.54) is 7.05 Å². The summed E-state index contributed by atoms with van der Waals surface area (Å²) < 4.78 is 38.9. The van der Waals surface area contributed by atoms with Gasteiger partial charge in [-0.25, -0.2) is 13.1 Å². The molecule has 0 aliphatic heterocycles. The number of carbonyl (C=O) groups is 1. The second kappa shape index (κ2) is 6.39. The molecule has 0 bridgehead atoms. The Morgan fingerprint density at radius 1 is 1.45 bits per heavy atom. The summed E-state index contributed by atoms with van der Waals surface area (Å²) in [4.78, 5) is 19.9. The Balaban J connectivity index is 2.85. The van der Waals surface area contributed by atoms with Gasteiger partial charge in [0.15, 0.2) is 0 Å². The van der Waals surface area contributed by atoms with Gasteiger partial charge in [-0.3, -0.25) is 14.9 Å². The largest absolute Gasteiger partial charge is 0.359 e. The molecule has 0 radical (unpaired) electrons. The van der Waals surface area contributed by atoms with E-state index in [1.807, 2.05) is 0 Å². The van der Waals surface area contributed by atoms with Crippen LogP contribution in [0.1, 0.15) is 6.42 Å². The van der Waals surface area contributed by atoms with Crippen molar-refractivity contribution in [3.8, 4) is 0 Å². The molecule has 8 nitrogen and oxygen atoms in total. The van der Waals surface area contributed by atoms with Gasteiger partial charge in [-0.2, -0.15) is 4.39 Å². The lowest BCUT2D eigenvalue weighted by Crippen LogP contribution is -2.29. The third-order valence-electron chi connectivity index (χ3n) is 2.35. The first-order valence-electron chi connectivity index (χ1n) is 5.42. The highest BCUT2D eigenvalue weighted by molar-refractivity contribution is 7.89. The number of halogens is 1. The summed E-state index contributed by atoms with van der Waals surface area (Å²) >= 11 is 0. The number of hydrogen-bond donors (Lipinski definition) is 2. The van der Waals surface area contributed by atoms with Gasteiger partial charge in [0.2, 0.25) is 21.7 Å². The van der Waals surface area contributed by atoms with E-state index in [4.69, 9.17) is 0 Å². The summed E-state index contributed by atoms with van der Waals surface area (Å²) in [7, 11) is -2.62. The molecule has 2 N–H and O–H groups in total. The summed E-state index contributed by atoms with van der Waals surface area (Å²) in [5.41, 5.74) is -0.811. The highest BCUT2D eigenvalue weighted by Gasteiger charge is 2.20. The van der Waals surface area contributed by atoms with E-state index in [2.05, 4.69) is 10.0 Å². The fourth-order valence-electron chi connectivity index (χ4n) is 1.31. The van der Waals surface area contributed by atoms with E-state index in [0.29, 0.717) is 6.07 Å². The highest BCUT2D eigenvalue weighted by atomic mass is 32.2. The van der Waals surface area contributed by atoms with Crippen molar-refractivity contribution < 1.29 is 22.5 Å². The molecular weight excluding hydrogens is 293 g/mol. The number of nitrogens with one attached hydrogen (secondary N) is 2. The van der Waals surface area contributed by atoms with Crippen LogP contribution >= 0.6 is 0 Å². The Kier molecular flexibility index (Phi) is 5.11. The first-order chi connectivity index (χ1) is 9.27. The van der Waals surface area contributed by atoms with Crippen molar-refractivity contribution in [2.75, 3.05) is 13.6 Å². The number of carbonyl (C=O) groups excluding carboxylic acids is 1. The lowest BCUT2D eigenvalue weighted by Gasteiger charge is -2.06. The van der Waals surface area contributed by atoms with Gasteiger partial charge in [0.25, 0.3) is 0 Å². The van der Waals surface area contributed by atoms with Crippen molar-refractivity contribution in [1.29, 1.82) is 0 Å². The van der Waals surface area contributed by atoms with Gasteiger partial charge >= 0.3 is 5.69 Å². The first-order valence-corrected chi connectivity index (χ1v) is 6.90. The van der Waals surface area contributed by atoms with Gasteiger partial charge in [0.1, 0.15) is 0 Å². The van der Waals surface area contributed by atoms with Crippen molar-refractivity contribution in [1.82, 2.24) is 10.0 Å². The SMILES string of the molecule is CNC(=O)CCNS(=O)(=O)c1ccc([N+](=O)[O-])c(F)c1. The van der Waals surface area contributed by atoms with E-state index in [9.17, 15) is 27.7 Å². The third kappa shape index (κ3) is 3.96. The van der Waals surface area contributed by atoms with Crippen LogP contribution in [0, 0.1) is 15.9 Å². The minimum atomic E-state index is -4.02. The van der Waals surface area contributed by atoms with Crippen LogP contribution in [0.3, 0.4) is 0 Å². The fourth-order valence-corrected chi connectivity index (χ4v) is 2.35. The van der Waals surface area contributed by atoms with Crippen LogP contribution in [0.15, 0.2) is 23.1 Å². The number of hydrogen-bond acceptors (Lipinski definition) is 5. The molecule has 0 spiro atoms. The highest BCUT2D eigenvalue weighted by Crippen LogP contribution is 2.20. The number of benzene rings is 1. The quantitative estimate of drug-likeness (QED) is 0.573. The van der Waals surface area contributed by atoms with Crippen LogP contribution < -0.4 is 10.0 Å². The number of amides is 1. The van der Waals surface area contributed by atoms with E-state index in [0.717, 1.165) is 12.1 Å². The number of rotatable bonds is 6. The molecule has 1 aromatic carbocycles. The minimum Gasteiger partial charge on any atom is -0.359 e. The standard InChI is InChI=1S/C10H12FN3O5S/c1-12-10(15)4-5-13-20(18,19)7-2-3-9(14(16)17)8(11)6-7/h2-3,6,13H,4-5H2,1H3,(H,12,15). The van der Waals surface area contributed by atoms with Crippen molar-refractivity contribution >= 4 is 21.6 Å². The Labute approximate surface area is 114 Å². The van der Waals surface area contributed by atoms with E-state index in [1.54, 1.807) is 0 Å². The third-order valence-corrected chi connectivity index (χ3v) is 3.81. The average Bonchev–Trinajstić information content (AvgIpc) is 2.37. The van der Waals surface area contributed by atoms with Crippen LogP contribution in [0.5, 0.6) is 0 Å². The van der Waals surface area contributed by atoms with E-state index >= 15 is 0 Å². The predicted molar refractivity (Wildman–Crippen MR) is 66.9 cm³/mol. The predicted octanol–water partition coefficient (Wildman–Crippen LogP) is 0.148. The summed E-state index contributed by atoms with van der Waals surface area (Å²) in [5.74, 6) is -1.60. The molecule has 0 atom stereocenters. The van der Waals surface area contributed by atoms with Crippen LogP contribution in [-0.2, 0) is 14.8 Å². The van der Waals surface area contributed by atoms with Crippen molar-refractivity contribution in [2.24, 2.45) is 0 Å². The zero-order valence-corrected chi connectivity index (χ0v) is 11.2. The molecule has 0 aliphatic rings. The van der Waals surface area contributed by atoms with Crippen LogP contribution in [0.2, 0.25) is 0 Å². The zero-order valence-electron chi connectivity index (χ0n) is 10.4. The number of nitrogens with zero attached hydrogens (tertiary/aromatic N) is 1. The average molecular weight is 305 g/mol. The van der Waals surface area contributed by atoms with Crippen LogP contribution in [-0.4, -0.2) is 32.8 Å². The Morgan fingerprint density at radius 2 is 2.10 bits per heavy atom. The molecule has 1 amide bonds. The summed E-state index contributed by atoms with van der Waals surface area (Å²) in [5, 5.41) is 12.7. The van der Waals surface area contributed by atoms with Crippen LogP contribution in [0.4, 0.5) is 10.1 Å². The maximum Gasteiger partial charge on any atom is 0.304 e. The maximum atomic E-state index is 13.3. The molecular formula is C10H12FN3O5S. The molecule has 10 heteroatoms. The molecule has 0 heterocycles. The number of sulfonamides is 1. The Bertz CT molecular complexity index is 632. The first kappa shape index (κ1) is 16.0. The second-order valence-electron chi connectivity index (χ2n) is 3.69. The monoisotopic (exact) mass is 305 g/mol. The second-order valence-corrected chi connectivity index (χ2v) is 5.46. The summed E-state index contributed by atoms with van der Waals surface area (Å²) in [6.45, 7) is -0.166. The lowest BCUT2D eigenvalue weighted by atomic mass is 10.3.